The minimum absolute atomic E-state index is 0.0513. The van der Waals surface area contributed by atoms with Gasteiger partial charge in [0.2, 0.25) is 0 Å². The summed E-state index contributed by atoms with van der Waals surface area (Å²) in [6.45, 7) is 0. The molecule has 4 N–H and O–H groups in total. The molecule has 0 spiro atoms. The molecule has 10 heteroatoms. The van der Waals surface area contributed by atoms with Crippen LogP contribution < -0.4 is 21.6 Å². The predicted molar refractivity (Wildman–Crippen MR) is 163 cm³/mol. The van der Waals surface area contributed by atoms with Crippen LogP contribution in [0.15, 0.2) is 84.8 Å². The second-order valence-electron chi connectivity index (χ2n) is 11.3. The maximum Gasteiger partial charge on any atom is 0.123 e. The van der Waals surface area contributed by atoms with Crippen molar-refractivity contribution in [2.75, 3.05) is 10.6 Å². The van der Waals surface area contributed by atoms with Gasteiger partial charge in [-0.2, -0.15) is 10.5 Å². The molecule has 214 valence electrons. The van der Waals surface area contributed by atoms with E-state index >= 15 is 0 Å². The van der Waals surface area contributed by atoms with Gasteiger partial charge >= 0.3 is 0 Å². The molecule has 3 aliphatic rings. The number of anilines is 2. The molecule has 4 aromatic rings. The number of benzene rings is 3. The van der Waals surface area contributed by atoms with Gasteiger partial charge < -0.3 is 16.1 Å². The number of hydrogen-bond acceptors (Lipinski definition) is 8. The highest BCUT2D eigenvalue weighted by Crippen LogP contribution is 2.49. The monoisotopic (exact) mass is 590 g/mol. The molecule has 4 atom stereocenters. The van der Waals surface area contributed by atoms with E-state index in [0.717, 1.165) is 36.1 Å². The first-order valence-electron chi connectivity index (χ1n) is 14.3. The summed E-state index contributed by atoms with van der Waals surface area (Å²) in [4.78, 5) is 4.53. The number of nitriles is 2. The zero-order valence-electron chi connectivity index (χ0n) is 23.1. The van der Waals surface area contributed by atoms with Crippen molar-refractivity contribution in [2.24, 2.45) is 11.8 Å². The van der Waals surface area contributed by atoms with E-state index in [-0.39, 0.29) is 29.7 Å². The first-order valence-corrected chi connectivity index (χ1v) is 14.7. The Bertz CT molecular complexity index is 1790. The zero-order valence-corrected chi connectivity index (χ0v) is 23.8. The summed E-state index contributed by atoms with van der Waals surface area (Å²) >= 11 is 6.83. The Kier molecular flexibility index (Phi) is 6.98. The lowest BCUT2D eigenvalue weighted by Crippen LogP contribution is -2.38. The Morgan fingerprint density at radius 1 is 1.02 bits per heavy atom. The van der Waals surface area contributed by atoms with Crippen LogP contribution in [-0.4, -0.2) is 16.0 Å². The summed E-state index contributed by atoms with van der Waals surface area (Å²) in [5, 5.41) is 30.1. The van der Waals surface area contributed by atoms with Crippen molar-refractivity contribution in [3.63, 3.8) is 0 Å². The van der Waals surface area contributed by atoms with Gasteiger partial charge in [-0.15, -0.1) is 5.53 Å². The van der Waals surface area contributed by atoms with Gasteiger partial charge in [0.25, 0.3) is 0 Å². The van der Waals surface area contributed by atoms with Crippen LogP contribution in [0.1, 0.15) is 48.0 Å². The number of rotatable bonds is 9. The van der Waals surface area contributed by atoms with Crippen molar-refractivity contribution in [2.45, 2.75) is 37.4 Å². The van der Waals surface area contributed by atoms with Crippen LogP contribution in [0.3, 0.4) is 0 Å². The minimum Gasteiger partial charge on any atom is -0.376 e. The molecule has 0 amide bonds. The van der Waals surface area contributed by atoms with Gasteiger partial charge in [-0.3, -0.25) is 9.99 Å². The fraction of sp³-hybridized carbons (Fsp3) is 0.242. The molecule has 2 unspecified atom stereocenters. The largest absolute Gasteiger partial charge is 0.376 e. The van der Waals surface area contributed by atoms with E-state index in [0.29, 0.717) is 38.9 Å². The molecule has 2 aliphatic carbocycles. The Morgan fingerprint density at radius 3 is 2.51 bits per heavy atom. The molecule has 3 aromatic carbocycles. The van der Waals surface area contributed by atoms with Gasteiger partial charge in [0, 0.05) is 35.4 Å². The first-order chi connectivity index (χ1) is 21.0. The minimum atomic E-state index is -0.353. The van der Waals surface area contributed by atoms with Crippen LogP contribution in [0.2, 0.25) is 5.02 Å². The third-order valence-electron chi connectivity index (χ3n) is 8.31. The highest BCUT2D eigenvalue weighted by Gasteiger charge is 2.44. The fourth-order valence-electron chi connectivity index (χ4n) is 5.77. The number of nitrogens with zero attached hydrogens (tertiary/aromatic N) is 4. The van der Waals surface area contributed by atoms with Crippen LogP contribution in [-0.2, 0) is 0 Å². The van der Waals surface area contributed by atoms with Crippen LogP contribution in [0, 0.1) is 40.3 Å². The average Bonchev–Trinajstić information content (AvgIpc) is 3.97. The Labute approximate surface area is 253 Å². The van der Waals surface area contributed by atoms with Crippen molar-refractivity contribution in [3.8, 4) is 12.1 Å². The lowest BCUT2D eigenvalue weighted by Gasteiger charge is -2.24. The Hall–Kier alpha value is -4.83. The molecule has 7 rings (SSSR count). The van der Waals surface area contributed by atoms with E-state index in [1.165, 1.54) is 18.3 Å². The second-order valence-corrected chi connectivity index (χ2v) is 11.7. The predicted octanol–water partition coefficient (Wildman–Crippen LogP) is 6.69. The summed E-state index contributed by atoms with van der Waals surface area (Å²) < 4.78 is 13.9. The summed E-state index contributed by atoms with van der Waals surface area (Å²) in [6.07, 6.45) is 6.60. The summed E-state index contributed by atoms with van der Waals surface area (Å²) in [5.41, 5.74) is 11.5. The third-order valence-corrected chi connectivity index (χ3v) is 8.60. The normalized spacial score (nSPS) is 20.4. The van der Waals surface area contributed by atoms with Gasteiger partial charge in [0.15, 0.2) is 0 Å². The molecule has 0 saturated heterocycles. The lowest BCUT2D eigenvalue weighted by molar-refractivity contribution is 0.260. The van der Waals surface area contributed by atoms with Crippen LogP contribution >= 0.6 is 11.6 Å². The summed E-state index contributed by atoms with van der Waals surface area (Å²) in [6, 6.07) is 24.7. The first kappa shape index (κ1) is 27.0. The standard InChI is InChI=1S/C33H28ClFN8/c34-28-14-24(39-32(20-6-8-23(35)9-7-20)29-18-43(42-41-29)25-10-11-25)13-27-31(22(16-37)17-38-33(27)28)40-30(26-12-21(26)15-36)19-4-2-1-3-5-19/h1-9,13-14,17-18,21,25-26,30,32,39,41-42H,10-12H2,(H,38,40)/t21?,26-,30+,32?/m1/s1. The van der Waals surface area contributed by atoms with E-state index in [2.05, 4.69) is 43.7 Å². The number of halogens is 2. The number of aromatic nitrogens is 1. The van der Waals surface area contributed by atoms with Crippen LogP contribution in [0.25, 0.3) is 10.9 Å². The Balaban J connectivity index is 1.29. The molecular formula is C33H28ClFN8. The van der Waals surface area contributed by atoms with E-state index in [4.69, 9.17) is 11.6 Å². The van der Waals surface area contributed by atoms with Crippen molar-refractivity contribution in [1.82, 2.24) is 21.0 Å². The molecular weight excluding hydrogens is 563 g/mol. The van der Waals surface area contributed by atoms with Crippen LogP contribution in [0.4, 0.5) is 15.8 Å². The van der Waals surface area contributed by atoms with E-state index in [9.17, 15) is 14.9 Å². The van der Waals surface area contributed by atoms with Gasteiger partial charge in [-0.05, 0) is 54.7 Å². The second kappa shape index (κ2) is 11.1. The molecule has 43 heavy (non-hydrogen) atoms. The van der Waals surface area contributed by atoms with Crippen molar-refractivity contribution in [3.05, 3.63) is 112 Å². The molecule has 1 aliphatic heterocycles. The number of pyridine rings is 1. The van der Waals surface area contributed by atoms with Crippen LogP contribution in [0.5, 0.6) is 0 Å². The lowest BCUT2D eigenvalue weighted by atomic mass is 9.99. The van der Waals surface area contributed by atoms with Gasteiger partial charge in [0.1, 0.15) is 11.9 Å². The van der Waals surface area contributed by atoms with Crippen molar-refractivity contribution < 1.29 is 4.39 Å². The van der Waals surface area contributed by atoms with Crippen molar-refractivity contribution >= 4 is 33.9 Å². The summed E-state index contributed by atoms with van der Waals surface area (Å²) in [5.74, 6) is -0.246. The SMILES string of the molecule is N#Cc1cnc2c(Cl)cc(NC(C3=CN(C4CC4)NN3)c3ccc(F)cc3)cc2c1N[C@@H](c1ccccc1)[C@@H]1CC1C#N. The third kappa shape index (κ3) is 5.41. The maximum atomic E-state index is 13.9. The number of nitrogens with one attached hydrogen (secondary N) is 4. The Morgan fingerprint density at radius 2 is 1.81 bits per heavy atom. The number of hydrazine groups is 2. The van der Waals surface area contributed by atoms with Gasteiger partial charge in [0.05, 0.1) is 51.6 Å². The zero-order chi connectivity index (χ0) is 29.5. The quantitative estimate of drug-likeness (QED) is 0.170. The smallest absolute Gasteiger partial charge is 0.123 e. The molecule has 1 aromatic heterocycles. The van der Waals surface area contributed by atoms with E-state index in [1.54, 1.807) is 12.1 Å². The maximum absolute atomic E-state index is 13.9. The van der Waals surface area contributed by atoms with Gasteiger partial charge in [-0.1, -0.05) is 54.1 Å². The molecule has 8 nitrogen and oxygen atoms in total. The average molecular weight is 591 g/mol. The molecule has 0 bridgehead atoms. The molecule has 2 saturated carbocycles. The molecule has 0 radical (unpaired) electrons. The fourth-order valence-corrected chi connectivity index (χ4v) is 6.04. The van der Waals surface area contributed by atoms with Gasteiger partial charge in [-0.25, -0.2) is 4.39 Å². The topological polar surface area (TPSA) is 112 Å². The highest BCUT2D eigenvalue weighted by molar-refractivity contribution is 6.35. The number of hydrogen-bond donors (Lipinski definition) is 4. The molecule has 2 heterocycles. The summed E-state index contributed by atoms with van der Waals surface area (Å²) in [7, 11) is 0. The van der Waals surface area contributed by atoms with E-state index in [1.807, 2.05) is 48.7 Å². The number of fused-ring (bicyclic) bond motifs is 1. The van der Waals surface area contributed by atoms with E-state index < -0.39 is 0 Å². The highest BCUT2D eigenvalue weighted by atomic mass is 35.5. The molecule has 2 fully saturated rings. The van der Waals surface area contributed by atoms with Crippen molar-refractivity contribution in [1.29, 1.82) is 10.5 Å².